The molecule has 2 aromatic heterocycles. The van der Waals surface area contributed by atoms with Crippen molar-refractivity contribution in [3.63, 3.8) is 0 Å². The van der Waals surface area contributed by atoms with Crippen molar-refractivity contribution in [1.29, 1.82) is 0 Å². The molecule has 1 unspecified atom stereocenters. The summed E-state index contributed by atoms with van der Waals surface area (Å²) in [5.41, 5.74) is 2.32. The summed E-state index contributed by atoms with van der Waals surface area (Å²) in [5, 5.41) is 2.89. The molecule has 2 heterocycles. The number of carbonyl (C=O) groups is 1. The molecule has 0 aromatic carbocycles. The van der Waals surface area contributed by atoms with Gasteiger partial charge in [-0.15, -0.1) is 0 Å². The first kappa shape index (κ1) is 12.5. The fraction of sp³-hybridized carbons (Fsp3) is 0.357. The summed E-state index contributed by atoms with van der Waals surface area (Å²) >= 11 is 0. The molecule has 1 N–H and O–H groups in total. The van der Waals surface area contributed by atoms with Gasteiger partial charge in [0.1, 0.15) is 5.75 Å². The van der Waals surface area contributed by atoms with E-state index in [1.54, 1.807) is 7.11 Å². The molecule has 18 heavy (non-hydrogen) atoms. The summed E-state index contributed by atoms with van der Waals surface area (Å²) in [4.78, 5) is 11.0. The zero-order valence-electron chi connectivity index (χ0n) is 10.9. The Labute approximate surface area is 107 Å². The van der Waals surface area contributed by atoms with E-state index in [-0.39, 0.29) is 11.9 Å². The maximum Gasteiger partial charge on any atom is 0.217 e. The molecular weight excluding hydrogens is 228 g/mol. The van der Waals surface area contributed by atoms with Gasteiger partial charge in [-0.25, -0.2) is 0 Å². The van der Waals surface area contributed by atoms with Crippen molar-refractivity contribution in [2.45, 2.75) is 26.3 Å². The zero-order chi connectivity index (χ0) is 13.1. The number of nitrogens with zero attached hydrogens (tertiary/aromatic N) is 1. The van der Waals surface area contributed by atoms with Gasteiger partial charge in [-0.05, 0) is 31.0 Å². The Kier molecular flexibility index (Phi) is 3.55. The lowest BCUT2D eigenvalue weighted by molar-refractivity contribution is -0.119. The van der Waals surface area contributed by atoms with E-state index < -0.39 is 0 Å². The van der Waals surface area contributed by atoms with Gasteiger partial charge in [-0.2, -0.15) is 0 Å². The molecule has 0 spiro atoms. The van der Waals surface area contributed by atoms with Crippen molar-refractivity contribution in [2.75, 3.05) is 7.11 Å². The van der Waals surface area contributed by atoms with Crippen molar-refractivity contribution >= 4 is 11.4 Å². The maximum atomic E-state index is 11.0. The van der Waals surface area contributed by atoms with Crippen molar-refractivity contribution in [3.8, 4) is 5.75 Å². The van der Waals surface area contributed by atoms with Crippen molar-refractivity contribution in [2.24, 2.45) is 0 Å². The summed E-state index contributed by atoms with van der Waals surface area (Å²) in [6, 6.07) is 6.14. The van der Waals surface area contributed by atoms with Crippen LogP contribution in [-0.2, 0) is 11.2 Å². The summed E-state index contributed by atoms with van der Waals surface area (Å²) in [7, 11) is 1.66. The van der Waals surface area contributed by atoms with Crippen LogP contribution in [-0.4, -0.2) is 23.5 Å². The van der Waals surface area contributed by atoms with Crippen LogP contribution >= 0.6 is 0 Å². The van der Waals surface area contributed by atoms with E-state index in [1.807, 2.05) is 31.5 Å². The molecule has 2 aromatic rings. The number of hydrogen-bond acceptors (Lipinski definition) is 2. The van der Waals surface area contributed by atoms with Gasteiger partial charge in [0.25, 0.3) is 0 Å². The highest BCUT2D eigenvalue weighted by molar-refractivity contribution is 5.73. The van der Waals surface area contributed by atoms with Crippen molar-refractivity contribution in [1.82, 2.24) is 9.72 Å². The topological polar surface area (TPSA) is 42.7 Å². The van der Waals surface area contributed by atoms with Crippen LogP contribution in [0.3, 0.4) is 0 Å². The molecule has 0 aliphatic heterocycles. The molecular formula is C14H18N2O2. The van der Waals surface area contributed by atoms with Gasteiger partial charge in [0.15, 0.2) is 0 Å². The second-order valence-electron chi connectivity index (χ2n) is 4.51. The van der Waals surface area contributed by atoms with Gasteiger partial charge < -0.3 is 14.5 Å². The molecule has 1 atom stereocenters. The largest absolute Gasteiger partial charge is 0.497 e. The van der Waals surface area contributed by atoms with Crippen LogP contribution in [0.25, 0.3) is 5.52 Å². The normalized spacial score (nSPS) is 12.4. The molecule has 0 aliphatic carbocycles. The minimum Gasteiger partial charge on any atom is -0.497 e. The van der Waals surface area contributed by atoms with Crippen LogP contribution in [0.2, 0.25) is 0 Å². The minimum absolute atomic E-state index is 0.00333. The lowest BCUT2D eigenvalue weighted by Crippen LogP contribution is -2.31. The molecule has 0 saturated carbocycles. The van der Waals surface area contributed by atoms with Gasteiger partial charge >= 0.3 is 0 Å². The Hall–Kier alpha value is -1.97. The van der Waals surface area contributed by atoms with Crippen LogP contribution in [0.1, 0.15) is 19.4 Å². The standard InChI is InChI=1S/C14H18N2O2/c1-10(15-11(2)17)8-12-4-6-16-7-5-13(18-3)9-14(12)16/h4-7,9-10H,8H2,1-3H3,(H,15,17). The molecule has 0 radical (unpaired) electrons. The lowest BCUT2D eigenvalue weighted by atomic mass is 10.1. The summed E-state index contributed by atoms with van der Waals surface area (Å²) in [5.74, 6) is 0.846. The van der Waals surface area contributed by atoms with Gasteiger partial charge in [-0.3, -0.25) is 4.79 Å². The Morgan fingerprint density at radius 3 is 2.83 bits per heavy atom. The molecule has 4 heteroatoms. The molecule has 0 fully saturated rings. The maximum absolute atomic E-state index is 11.0. The number of fused-ring (bicyclic) bond motifs is 1. The zero-order valence-corrected chi connectivity index (χ0v) is 10.9. The molecule has 96 valence electrons. The third-order valence-electron chi connectivity index (χ3n) is 2.93. The van der Waals surface area contributed by atoms with Gasteiger partial charge in [0.2, 0.25) is 5.91 Å². The molecule has 0 saturated heterocycles. The monoisotopic (exact) mass is 246 g/mol. The van der Waals surface area contributed by atoms with Gasteiger partial charge in [0, 0.05) is 31.4 Å². The fourth-order valence-electron chi connectivity index (χ4n) is 2.16. The number of ether oxygens (including phenoxy) is 1. The molecule has 1 amide bonds. The SMILES string of the molecule is COc1ccn2ccc(CC(C)NC(C)=O)c2c1. The van der Waals surface area contributed by atoms with E-state index in [2.05, 4.69) is 15.8 Å². The van der Waals surface area contributed by atoms with Crippen molar-refractivity contribution in [3.05, 3.63) is 36.2 Å². The Morgan fingerprint density at radius 1 is 1.44 bits per heavy atom. The second kappa shape index (κ2) is 5.12. The number of rotatable bonds is 4. The molecule has 4 nitrogen and oxygen atoms in total. The predicted octanol–water partition coefficient (Wildman–Crippen LogP) is 2.01. The molecule has 2 rings (SSSR count). The number of methoxy groups -OCH3 is 1. The number of carbonyl (C=O) groups excluding carboxylic acids is 1. The summed E-state index contributed by atoms with van der Waals surface area (Å²) in [6.45, 7) is 3.54. The third-order valence-corrected chi connectivity index (χ3v) is 2.93. The minimum atomic E-state index is 0.00333. The number of hydrogen-bond donors (Lipinski definition) is 1. The predicted molar refractivity (Wildman–Crippen MR) is 70.9 cm³/mol. The van der Waals surface area contributed by atoms with Gasteiger partial charge in [-0.1, -0.05) is 0 Å². The smallest absolute Gasteiger partial charge is 0.217 e. The number of aromatic nitrogens is 1. The van der Waals surface area contributed by atoms with Crippen LogP contribution in [0.15, 0.2) is 30.6 Å². The van der Waals surface area contributed by atoms with Crippen LogP contribution in [0, 0.1) is 0 Å². The van der Waals surface area contributed by atoms with E-state index in [0.29, 0.717) is 0 Å². The number of pyridine rings is 1. The van der Waals surface area contributed by atoms with E-state index in [9.17, 15) is 4.79 Å². The first-order valence-electron chi connectivity index (χ1n) is 6.01. The van der Waals surface area contributed by atoms with E-state index in [0.717, 1.165) is 17.7 Å². The Balaban J connectivity index is 2.25. The van der Waals surface area contributed by atoms with Crippen LogP contribution in [0.4, 0.5) is 0 Å². The van der Waals surface area contributed by atoms with Crippen LogP contribution in [0.5, 0.6) is 5.75 Å². The quantitative estimate of drug-likeness (QED) is 0.896. The third kappa shape index (κ3) is 2.64. The molecule has 0 aliphatic rings. The average Bonchev–Trinajstić information content (AvgIpc) is 2.70. The lowest BCUT2D eigenvalue weighted by Gasteiger charge is -2.12. The highest BCUT2D eigenvalue weighted by Gasteiger charge is 2.09. The summed E-state index contributed by atoms with van der Waals surface area (Å²) in [6.07, 6.45) is 4.80. The van der Waals surface area contributed by atoms with E-state index in [4.69, 9.17) is 4.74 Å². The fourth-order valence-corrected chi connectivity index (χ4v) is 2.16. The highest BCUT2D eigenvalue weighted by atomic mass is 16.5. The number of amides is 1. The first-order valence-corrected chi connectivity index (χ1v) is 6.01. The Morgan fingerprint density at radius 2 is 2.17 bits per heavy atom. The summed E-state index contributed by atoms with van der Waals surface area (Å²) < 4.78 is 7.29. The second-order valence-corrected chi connectivity index (χ2v) is 4.51. The van der Waals surface area contributed by atoms with E-state index in [1.165, 1.54) is 12.5 Å². The molecule has 0 bridgehead atoms. The Bertz CT molecular complexity index is 560. The number of nitrogens with one attached hydrogen (secondary N) is 1. The average molecular weight is 246 g/mol. The van der Waals surface area contributed by atoms with E-state index >= 15 is 0 Å². The van der Waals surface area contributed by atoms with Gasteiger partial charge in [0.05, 0.1) is 12.6 Å². The first-order chi connectivity index (χ1) is 8.60. The van der Waals surface area contributed by atoms with Crippen molar-refractivity contribution < 1.29 is 9.53 Å². The highest BCUT2D eigenvalue weighted by Crippen LogP contribution is 2.20. The van der Waals surface area contributed by atoms with Crippen LogP contribution < -0.4 is 10.1 Å².